The van der Waals surface area contributed by atoms with Crippen molar-refractivity contribution < 1.29 is 28.7 Å². The van der Waals surface area contributed by atoms with E-state index in [4.69, 9.17) is 9.47 Å². The van der Waals surface area contributed by atoms with Crippen LogP contribution in [0.2, 0.25) is 0 Å². The van der Waals surface area contributed by atoms with E-state index in [1.807, 2.05) is 7.05 Å². The summed E-state index contributed by atoms with van der Waals surface area (Å²) >= 11 is 0. The van der Waals surface area contributed by atoms with Gasteiger partial charge in [0, 0.05) is 33.5 Å². The molecule has 2 unspecified atom stereocenters. The fraction of sp³-hybridized carbons (Fsp3) is 0.833. The molecule has 0 aliphatic carbocycles. The number of nitrogens with one attached hydrogen (secondary N) is 6. The number of hydrogen-bond acceptors (Lipinski definition) is 8. The molecular formula is C24H48N6O6. The third-order valence-electron chi connectivity index (χ3n) is 5.29. The minimum atomic E-state index is -0.616. The summed E-state index contributed by atoms with van der Waals surface area (Å²) in [6, 6.07) is -0.816. The van der Waals surface area contributed by atoms with Gasteiger partial charge in [-0.2, -0.15) is 0 Å². The molecule has 0 aromatic rings. The molecule has 0 saturated carbocycles. The molecule has 4 amide bonds. The van der Waals surface area contributed by atoms with Crippen molar-refractivity contribution in [3.63, 3.8) is 0 Å². The number of carbonyl (C=O) groups is 4. The number of likely N-dealkylation sites (N-methyl/N-ethyl adjacent to an activating group) is 1. The third kappa shape index (κ3) is 20.0. The lowest BCUT2D eigenvalue weighted by atomic mass is 10.1. The normalized spacial score (nSPS) is 12.4. The average Bonchev–Trinajstić information content (AvgIpc) is 2.83. The summed E-state index contributed by atoms with van der Waals surface area (Å²) in [5, 5.41) is 17.1. The van der Waals surface area contributed by atoms with Crippen molar-refractivity contribution in [3.8, 4) is 0 Å². The van der Waals surface area contributed by atoms with E-state index in [0.717, 1.165) is 32.2 Å². The highest BCUT2D eigenvalue weighted by molar-refractivity contribution is 5.86. The summed E-state index contributed by atoms with van der Waals surface area (Å²) in [5.41, 5.74) is 0. The summed E-state index contributed by atoms with van der Waals surface area (Å²) in [7, 11) is 3.70. The monoisotopic (exact) mass is 516 g/mol. The van der Waals surface area contributed by atoms with Gasteiger partial charge in [-0.25, -0.2) is 0 Å². The van der Waals surface area contributed by atoms with Gasteiger partial charge < -0.3 is 41.4 Å². The lowest BCUT2D eigenvalue weighted by Crippen LogP contribution is -2.46. The summed E-state index contributed by atoms with van der Waals surface area (Å²) < 4.78 is 10.9. The molecule has 36 heavy (non-hydrogen) atoms. The van der Waals surface area contributed by atoms with Gasteiger partial charge in [0.25, 0.3) is 0 Å². The fourth-order valence-corrected chi connectivity index (χ4v) is 3.37. The number of hydrogen-bond donors (Lipinski definition) is 6. The van der Waals surface area contributed by atoms with Crippen molar-refractivity contribution in [1.29, 1.82) is 0 Å². The summed E-state index contributed by atoms with van der Waals surface area (Å²) in [4.78, 5) is 46.8. The third-order valence-corrected chi connectivity index (χ3v) is 5.29. The highest BCUT2D eigenvalue weighted by atomic mass is 16.5. The average molecular weight is 517 g/mol. The standard InChI is InChI=1S/C24H48N6O6/c1-19(31)27-12-8-6-10-22(30-20(2)32)24(34)29-14-16-36-18-17-35-15-13-28-23(33)21(26-4)9-5-7-11-25-3/h21-22,25-26H,5-18H2,1-4H3,(H,27,31)(H,28,33)(H,29,34)(H,30,32). The number of ether oxygens (including phenoxy) is 2. The van der Waals surface area contributed by atoms with Crippen molar-refractivity contribution in [3.05, 3.63) is 0 Å². The lowest BCUT2D eigenvalue weighted by molar-refractivity contribution is -0.128. The maximum atomic E-state index is 12.4. The van der Waals surface area contributed by atoms with Crippen molar-refractivity contribution in [2.75, 3.05) is 66.7 Å². The Bertz CT molecular complexity index is 622. The van der Waals surface area contributed by atoms with Crippen LogP contribution in [0.25, 0.3) is 0 Å². The van der Waals surface area contributed by atoms with Crippen LogP contribution >= 0.6 is 0 Å². The van der Waals surface area contributed by atoms with Crippen LogP contribution in [0.4, 0.5) is 0 Å². The van der Waals surface area contributed by atoms with Gasteiger partial charge in [0.2, 0.25) is 23.6 Å². The number of rotatable bonds is 23. The Morgan fingerprint density at radius 3 is 1.64 bits per heavy atom. The van der Waals surface area contributed by atoms with Crippen LogP contribution in [-0.4, -0.2) is 102 Å². The van der Waals surface area contributed by atoms with Crippen LogP contribution in [0.3, 0.4) is 0 Å². The van der Waals surface area contributed by atoms with Crippen LogP contribution in [0.5, 0.6) is 0 Å². The summed E-state index contributed by atoms with van der Waals surface area (Å²) in [6.07, 6.45) is 4.71. The Balaban J connectivity index is 3.84. The van der Waals surface area contributed by atoms with E-state index >= 15 is 0 Å². The highest BCUT2D eigenvalue weighted by Gasteiger charge is 2.18. The molecule has 0 bridgehead atoms. The van der Waals surface area contributed by atoms with Crippen molar-refractivity contribution in [2.24, 2.45) is 0 Å². The minimum absolute atomic E-state index is 0.0251. The van der Waals surface area contributed by atoms with Crippen molar-refractivity contribution in [1.82, 2.24) is 31.9 Å². The van der Waals surface area contributed by atoms with Gasteiger partial charge in [-0.3, -0.25) is 19.2 Å². The van der Waals surface area contributed by atoms with Crippen LogP contribution in [0, 0.1) is 0 Å². The minimum Gasteiger partial charge on any atom is -0.377 e. The van der Waals surface area contributed by atoms with Crippen LogP contribution < -0.4 is 31.9 Å². The SMILES string of the molecule is CNCCCCC(NC)C(=O)NCCOCCOCCNC(=O)C(CCCCNC(C)=O)NC(C)=O. The molecule has 0 aliphatic rings. The lowest BCUT2D eigenvalue weighted by Gasteiger charge is -2.17. The summed E-state index contributed by atoms with van der Waals surface area (Å²) in [5.74, 6) is -0.648. The van der Waals surface area contributed by atoms with E-state index in [0.29, 0.717) is 58.9 Å². The Labute approximate surface area is 215 Å². The van der Waals surface area contributed by atoms with E-state index in [1.54, 1.807) is 7.05 Å². The molecule has 0 fully saturated rings. The topological polar surface area (TPSA) is 159 Å². The van der Waals surface area contributed by atoms with E-state index in [-0.39, 0.29) is 29.7 Å². The van der Waals surface area contributed by atoms with Gasteiger partial charge >= 0.3 is 0 Å². The first-order valence-electron chi connectivity index (χ1n) is 12.9. The van der Waals surface area contributed by atoms with E-state index in [2.05, 4.69) is 31.9 Å². The quantitative estimate of drug-likeness (QED) is 0.0948. The van der Waals surface area contributed by atoms with Crippen LogP contribution in [0.1, 0.15) is 52.4 Å². The highest BCUT2D eigenvalue weighted by Crippen LogP contribution is 2.02. The number of amides is 4. The predicted molar refractivity (Wildman–Crippen MR) is 138 cm³/mol. The Morgan fingerprint density at radius 1 is 0.611 bits per heavy atom. The van der Waals surface area contributed by atoms with Gasteiger partial charge in [-0.1, -0.05) is 6.42 Å². The second kappa shape index (κ2) is 23.1. The molecule has 12 nitrogen and oxygen atoms in total. The molecule has 0 heterocycles. The van der Waals surface area contributed by atoms with Crippen molar-refractivity contribution in [2.45, 2.75) is 64.5 Å². The molecule has 6 N–H and O–H groups in total. The molecule has 0 radical (unpaired) electrons. The van der Waals surface area contributed by atoms with Crippen LogP contribution in [-0.2, 0) is 28.7 Å². The maximum absolute atomic E-state index is 12.4. The molecule has 0 aliphatic heterocycles. The molecule has 0 rings (SSSR count). The maximum Gasteiger partial charge on any atom is 0.242 e. The molecule has 0 aromatic carbocycles. The van der Waals surface area contributed by atoms with Crippen LogP contribution in [0.15, 0.2) is 0 Å². The molecular weight excluding hydrogens is 468 g/mol. The zero-order valence-corrected chi connectivity index (χ0v) is 22.5. The predicted octanol–water partition coefficient (Wildman–Crippen LogP) is -0.959. The second-order valence-corrected chi connectivity index (χ2v) is 8.48. The van der Waals surface area contributed by atoms with E-state index < -0.39 is 6.04 Å². The zero-order valence-electron chi connectivity index (χ0n) is 22.5. The smallest absolute Gasteiger partial charge is 0.242 e. The fourth-order valence-electron chi connectivity index (χ4n) is 3.37. The number of unbranched alkanes of at least 4 members (excludes halogenated alkanes) is 2. The van der Waals surface area contributed by atoms with Gasteiger partial charge in [0.05, 0.1) is 32.5 Å². The van der Waals surface area contributed by atoms with E-state index in [9.17, 15) is 19.2 Å². The first-order valence-corrected chi connectivity index (χ1v) is 12.9. The zero-order chi connectivity index (χ0) is 27.0. The molecule has 2 atom stereocenters. The second-order valence-electron chi connectivity index (χ2n) is 8.48. The first kappa shape index (κ1) is 33.7. The largest absolute Gasteiger partial charge is 0.377 e. The molecule has 12 heteroatoms. The summed E-state index contributed by atoms with van der Waals surface area (Å²) in [6.45, 7) is 6.52. The van der Waals surface area contributed by atoms with Crippen molar-refractivity contribution >= 4 is 23.6 Å². The molecule has 210 valence electrons. The number of carbonyl (C=O) groups excluding carboxylic acids is 4. The van der Waals surface area contributed by atoms with Gasteiger partial charge in [0.1, 0.15) is 6.04 Å². The van der Waals surface area contributed by atoms with Gasteiger partial charge in [0.15, 0.2) is 0 Å². The van der Waals surface area contributed by atoms with E-state index in [1.165, 1.54) is 13.8 Å². The Hall–Kier alpha value is -2.28. The van der Waals surface area contributed by atoms with Gasteiger partial charge in [-0.05, 0) is 52.7 Å². The van der Waals surface area contributed by atoms with Gasteiger partial charge in [-0.15, -0.1) is 0 Å². The Morgan fingerprint density at radius 2 is 1.14 bits per heavy atom. The molecule has 0 spiro atoms. The first-order chi connectivity index (χ1) is 17.3. The molecule has 0 saturated heterocycles. The molecule has 0 aromatic heterocycles. The Kier molecular flexibility index (Phi) is 21.7.